The highest BCUT2D eigenvalue weighted by Gasteiger charge is 2.24. The minimum absolute atomic E-state index is 0.252. The normalized spacial score (nSPS) is 21.7. The van der Waals surface area contributed by atoms with Crippen molar-refractivity contribution in [2.75, 3.05) is 26.4 Å². The molecule has 0 radical (unpaired) electrons. The van der Waals surface area contributed by atoms with Crippen molar-refractivity contribution in [2.45, 2.75) is 22.0 Å². The Balaban J connectivity index is 1.48. The van der Waals surface area contributed by atoms with Crippen LogP contribution in [0.4, 0.5) is 0 Å². The third-order valence-corrected chi connectivity index (χ3v) is 4.69. The molecule has 4 rings (SSSR count). The maximum Gasteiger partial charge on any atom is 0.133 e. The lowest BCUT2D eigenvalue weighted by Crippen LogP contribution is -2.05. The van der Waals surface area contributed by atoms with Crippen LogP contribution in [0.25, 0.3) is 0 Å². The summed E-state index contributed by atoms with van der Waals surface area (Å²) in [5.74, 6) is 1.77. The topological polar surface area (TPSA) is 43.5 Å². The molecule has 5 heteroatoms. The summed E-state index contributed by atoms with van der Waals surface area (Å²) < 4.78 is 22.2. The Kier molecular flexibility index (Phi) is 4.41. The van der Waals surface area contributed by atoms with Crippen molar-refractivity contribution in [2.24, 2.45) is 0 Å². The molecule has 2 aromatic carbocycles. The van der Waals surface area contributed by atoms with E-state index >= 15 is 0 Å². The summed E-state index contributed by atoms with van der Waals surface area (Å²) in [4.78, 5) is 2.15. The molecule has 2 atom stereocenters. The van der Waals surface area contributed by atoms with Gasteiger partial charge in [0.05, 0.1) is 23.0 Å². The van der Waals surface area contributed by atoms with E-state index in [1.165, 1.54) is 0 Å². The highest BCUT2D eigenvalue weighted by atomic mass is 32.2. The van der Waals surface area contributed by atoms with Gasteiger partial charge >= 0.3 is 0 Å². The fourth-order valence-electron chi connectivity index (χ4n) is 2.12. The fourth-order valence-corrected chi connectivity index (χ4v) is 3.11. The molecule has 0 aliphatic carbocycles. The molecular weight excluding hydrogens is 312 g/mol. The first-order chi connectivity index (χ1) is 11.4. The first-order valence-electron chi connectivity index (χ1n) is 7.73. The molecule has 23 heavy (non-hydrogen) atoms. The highest BCUT2D eigenvalue weighted by molar-refractivity contribution is 7.99. The smallest absolute Gasteiger partial charge is 0.133 e. The van der Waals surface area contributed by atoms with E-state index < -0.39 is 0 Å². The van der Waals surface area contributed by atoms with Crippen molar-refractivity contribution < 1.29 is 18.9 Å². The molecule has 0 aromatic heterocycles. The summed E-state index contributed by atoms with van der Waals surface area (Å²) in [5.41, 5.74) is 0. The van der Waals surface area contributed by atoms with Crippen molar-refractivity contribution in [3.05, 3.63) is 48.5 Å². The molecule has 0 N–H and O–H groups in total. The minimum atomic E-state index is 0.252. The van der Waals surface area contributed by atoms with Crippen LogP contribution >= 0.6 is 11.8 Å². The molecule has 0 amide bonds. The number of hydrogen-bond donors (Lipinski definition) is 0. The van der Waals surface area contributed by atoms with E-state index in [1.54, 1.807) is 11.8 Å². The minimum Gasteiger partial charge on any atom is -0.490 e. The standard InChI is InChI=1S/C18H18O4S/c1-3-7-17(15(5-1)21-11-13-9-19-13)23-18-8-4-2-6-16(18)22-12-14-10-20-14/h1-8,13-14H,9-12H2. The number of rotatable bonds is 8. The van der Waals surface area contributed by atoms with E-state index in [0.29, 0.717) is 13.2 Å². The van der Waals surface area contributed by atoms with Gasteiger partial charge in [-0.3, -0.25) is 0 Å². The van der Waals surface area contributed by atoms with E-state index in [1.807, 2.05) is 36.4 Å². The molecule has 2 fully saturated rings. The molecule has 0 spiro atoms. The fraction of sp³-hybridized carbons (Fsp3) is 0.333. The Labute approximate surface area is 139 Å². The van der Waals surface area contributed by atoms with E-state index in [2.05, 4.69) is 12.1 Å². The largest absolute Gasteiger partial charge is 0.490 e. The molecule has 2 unspecified atom stereocenters. The van der Waals surface area contributed by atoms with Crippen LogP contribution in [0.1, 0.15) is 0 Å². The Bertz CT molecular complexity index is 610. The van der Waals surface area contributed by atoms with Crippen LogP contribution in [0.15, 0.2) is 58.3 Å². The molecule has 2 aliphatic rings. The van der Waals surface area contributed by atoms with Crippen LogP contribution in [-0.2, 0) is 9.47 Å². The maximum atomic E-state index is 5.87. The molecule has 4 nitrogen and oxygen atoms in total. The quantitative estimate of drug-likeness (QED) is 0.694. The Morgan fingerprint density at radius 3 is 1.65 bits per heavy atom. The monoisotopic (exact) mass is 330 g/mol. The van der Waals surface area contributed by atoms with Crippen LogP contribution in [0, 0.1) is 0 Å². The second-order valence-electron chi connectivity index (χ2n) is 5.53. The summed E-state index contributed by atoms with van der Waals surface area (Å²) >= 11 is 1.65. The van der Waals surface area contributed by atoms with Crippen LogP contribution in [0.5, 0.6) is 11.5 Å². The average Bonchev–Trinajstić information content (AvgIpc) is 3.48. The second-order valence-corrected chi connectivity index (χ2v) is 6.61. The van der Waals surface area contributed by atoms with Crippen LogP contribution in [0.2, 0.25) is 0 Å². The van der Waals surface area contributed by atoms with Gasteiger partial charge in [-0.15, -0.1) is 0 Å². The predicted octanol–water partition coefficient (Wildman–Crippen LogP) is 3.39. The maximum absolute atomic E-state index is 5.87. The Morgan fingerprint density at radius 2 is 1.22 bits per heavy atom. The van der Waals surface area contributed by atoms with Gasteiger partial charge < -0.3 is 18.9 Å². The SMILES string of the molecule is c1ccc(Sc2ccccc2OCC2CO2)c(OCC2CO2)c1. The first-order valence-corrected chi connectivity index (χ1v) is 8.55. The summed E-state index contributed by atoms with van der Waals surface area (Å²) in [7, 11) is 0. The molecule has 2 saturated heterocycles. The molecular formula is C18H18O4S. The van der Waals surface area contributed by atoms with Crippen LogP contribution < -0.4 is 9.47 Å². The van der Waals surface area contributed by atoms with Crippen molar-refractivity contribution in [3.8, 4) is 11.5 Å². The van der Waals surface area contributed by atoms with Gasteiger partial charge in [-0.25, -0.2) is 0 Å². The van der Waals surface area contributed by atoms with E-state index in [4.69, 9.17) is 18.9 Å². The molecule has 2 aliphatic heterocycles. The average molecular weight is 330 g/mol. The molecule has 120 valence electrons. The number of para-hydroxylation sites is 2. The van der Waals surface area contributed by atoms with Gasteiger partial charge in [0, 0.05) is 0 Å². The number of benzene rings is 2. The zero-order valence-corrected chi connectivity index (χ0v) is 13.5. The van der Waals surface area contributed by atoms with E-state index in [0.717, 1.165) is 34.5 Å². The van der Waals surface area contributed by atoms with E-state index in [9.17, 15) is 0 Å². The molecule has 2 aromatic rings. The van der Waals surface area contributed by atoms with Crippen molar-refractivity contribution >= 4 is 11.8 Å². The number of ether oxygens (including phenoxy) is 4. The lowest BCUT2D eigenvalue weighted by atomic mass is 10.3. The number of epoxide rings is 2. The Morgan fingerprint density at radius 1 is 0.783 bits per heavy atom. The lowest BCUT2D eigenvalue weighted by molar-refractivity contribution is 0.257. The molecule has 0 bridgehead atoms. The lowest BCUT2D eigenvalue weighted by Gasteiger charge is -2.13. The third-order valence-electron chi connectivity index (χ3n) is 3.57. The Hall–Kier alpha value is -1.69. The first kappa shape index (κ1) is 14.9. The van der Waals surface area contributed by atoms with Gasteiger partial charge in [-0.1, -0.05) is 36.0 Å². The summed E-state index contributed by atoms with van der Waals surface area (Å²) in [6, 6.07) is 16.1. The molecule has 2 heterocycles. The van der Waals surface area contributed by atoms with Gasteiger partial charge in [0.1, 0.15) is 36.9 Å². The summed E-state index contributed by atoms with van der Waals surface area (Å²) in [6.45, 7) is 2.81. The van der Waals surface area contributed by atoms with Gasteiger partial charge in [0.15, 0.2) is 0 Å². The summed E-state index contributed by atoms with van der Waals surface area (Å²) in [5, 5.41) is 0. The summed E-state index contributed by atoms with van der Waals surface area (Å²) in [6.07, 6.45) is 0.504. The van der Waals surface area contributed by atoms with Crippen LogP contribution in [0.3, 0.4) is 0 Å². The van der Waals surface area contributed by atoms with Crippen molar-refractivity contribution in [1.29, 1.82) is 0 Å². The second kappa shape index (κ2) is 6.83. The van der Waals surface area contributed by atoms with Gasteiger partial charge in [-0.05, 0) is 24.3 Å². The van der Waals surface area contributed by atoms with Crippen molar-refractivity contribution in [3.63, 3.8) is 0 Å². The number of hydrogen-bond acceptors (Lipinski definition) is 5. The highest BCUT2D eigenvalue weighted by Crippen LogP contribution is 2.39. The van der Waals surface area contributed by atoms with Gasteiger partial charge in [0.25, 0.3) is 0 Å². The van der Waals surface area contributed by atoms with Gasteiger partial charge in [0.2, 0.25) is 0 Å². The third kappa shape index (κ3) is 4.19. The zero-order valence-electron chi connectivity index (χ0n) is 12.6. The van der Waals surface area contributed by atoms with Crippen LogP contribution in [-0.4, -0.2) is 38.6 Å². The predicted molar refractivity (Wildman–Crippen MR) is 87.5 cm³/mol. The molecule has 0 saturated carbocycles. The van der Waals surface area contributed by atoms with Gasteiger partial charge in [-0.2, -0.15) is 0 Å². The van der Waals surface area contributed by atoms with Crippen molar-refractivity contribution in [1.82, 2.24) is 0 Å². The zero-order chi connectivity index (χ0) is 15.5. The van der Waals surface area contributed by atoms with E-state index in [-0.39, 0.29) is 12.2 Å².